The van der Waals surface area contributed by atoms with E-state index >= 15 is 0 Å². The number of hydrogen-bond acceptors (Lipinski definition) is 7. The van der Waals surface area contributed by atoms with E-state index in [2.05, 4.69) is 25.8 Å². The van der Waals surface area contributed by atoms with E-state index in [4.69, 9.17) is 4.52 Å². The summed E-state index contributed by atoms with van der Waals surface area (Å²) in [6, 6.07) is -0.465. The van der Waals surface area contributed by atoms with Crippen LogP contribution in [0.15, 0.2) is 10.7 Å². The zero-order valence-electron chi connectivity index (χ0n) is 14.1. The lowest BCUT2D eigenvalue weighted by Gasteiger charge is -2.14. The molecule has 1 aliphatic heterocycles. The highest BCUT2D eigenvalue weighted by molar-refractivity contribution is 6.06. The van der Waals surface area contributed by atoms with Gasteiger partial charge in [-0.25, -0.2) is 4.79 Å². The van der Waals surface area contributed by atoms with Gasteiger partial charge in [-0.05, 0) is 26.2 Å². The maximum absolute atomic E-state index is 12.2. The Labute approximate surface area is 143 Å². The SMILES string of the molecule is CC1(C)NC(=O)N(Cc2noc(-c3cn(CCC4CC4)nn3)n2)C1=O. The molecule has 0 unspecified atom stereocenters. The summed E-state index contributed by atoms with van der Waals surface area (Å²) in [4.78, 5) is 29.4. The molecule has 2 aromatic heterocycles. The predicted molar refractivity (Wildman–Crippen MR) is 83.8 cm³/mol. The van der Waals surface area contributed by atoms with Crippen LogP contribution in [0.4, 0.5) is 4.79 Å². The van der Waals surface area contributed by atoms with Crippen molar-refractivity contribution in [1.29, 1.82) is 0 Å². The van der Waals surface area contributed by atoms with E-state index in [-0.39, 0.29) is 24.2 Å². The summed E-state index contributed by atoms with van der Waals surface area (Å²) < 4.78 is 6.95. The summed E-state index contributed by atoms with van der Waals surface area (Å²) in [6.45, 7) is 4.06. The number of aromatic nitrogens is 5. The van der Waals surface area contributed by atoms with Crippen molar-refractivity contribution in [1.82, 2.24) is 35.4 Å². The summed E-state index contributed by atoms with van der Waals surface area (Å²) in [7, 11) is 0. The van der Waals surface area contributed by atoms with Crippen LogP contribution in [0.2, 0.25) is 0 Å². The molecule has 1 aliphatic carbocycles. The molecule has 0 spiro atoms. The lowest BCUT2D eigenvalue weighted by atomic mass is 10.1. The van der Waals surface area contributed by atoms with Crippen LogP contribution in [0, 0.1) is 5.92 Å². The maximum Gasteiger partial charge on any atom is 0.325 e. The van der Waals surface area contributed by atoms with Crippen molar-refractivity contribution < 1.29 is 14.1 Å². The highest BCUT2D eigenvalue weighted by atomic mass is 16.5. The molecule has 3 amide bonds. The first-order valence-corrected chi connectivity index (χ1v) is 8.29. The molecule has 4 rings (SSSR count). The minimum absolute atomic E-state index is 0.0482. The third-order valence-corrected chi connectivity index (χ3v) is 4.43. The van der Waals surface area contributed by atoms with Crippen LogP contribution in [0.5, 0.6) is 0 Å². The summed E-state index contributed by atoms with van der Waals surface area (Å²) >= 11 is 0. The van der Waals surface area contributed by atoms with Gasteiger partial charge in [0.25, 0.3) is 11.8 Å². The number of carbonyl (C=O) groups is 2. The fourth-order valence-electron chi connectivity index (χ4n) is 2.75. The number of aryl methyl sites for hydroxylation is 1. The lowest BCUT2D eigenvalue weighted by Crippen LogP contribution is -2.40. The van der Waals surface area contributed by atoms with Crippen LogP contribution in [0.3, 0.4) is 0 Å². The second kappa shape index (κ2) is 5.64. The molecule has 25 heavy (non-hydrogen) atoms. The number of carbonyl (C=O) groups excluding carboxylic acids is 2. The van der Waals surface area contributed by atoms with Gasteiger partial charge < -0.3 is 9.84 Å². The maximum atomic E-state index is 12.2. The molecule has 0 aromatic carbocycles. The molecule has 0 atom stereocenters. The third kappa shape index (κ3) is 3.11. The zero-order chi connectivity index (χ0) is 17.6. The molecule has 1 saturated heterocycles. The first-order chi connectivity index (χ1) is 11.9. The van der Waals surface area contributed by atoms with Crippen molar-refractivity contribution in [3.05, 3.63) is 12.0 Å². The highest BCUT2D eigenvalue weighted by Crippen LogP contribution is 2.32. The lowest BCUT2D eigenvalue weighted by molar-refractivity contribution is -0.130. The quantitative estimate of drug-likeness (QED) is 0.774. The Hall–Kier alpha value is -2.78. The van der Waals surface area contributed by atoms with Crippen LogP contribution in [-0.4, -0.2) is 47.5 Å². The number of rotatable bonds is 6. The average molecular weight is 345 g/mol. The van der Waals surface area contributed by atoms with E-state index in [1.165, 1.54) is 12.8 Å². The molecular weight excluding hydrogens is 326 g/mol. The first-order valence-electron chi connectivity index (χ1n) is 8.29. The topological polar surface area (TPSA) is 119 Å². The highest BCUT2D eigenvalue weighted by Gasteiger charge is 2.44. The molecule has 132 valence electrons. The van der Waals surface area contributed by atoms with Crippen molar-refractivity contribution in [3.63, 3.8) is 0 Å². The van der Waals surface area contributed by atoms with Crippen LogP contribution in [-0.2, 0) is 17.9 Å². The zero-order valence-corrected chi connectivity index (χ0v) is 14.1. The van der Waals surface area contributed by atoms with Gasteiger partial charge in [0.1, 0.15) is 5.54 Å². The fraction of sp³-hybridized carbons (Fsp3) is 0.600. The van der Waals surface area contributed by atoms with Crippen molar-refractivity contribution in [2.45, 2.75) is 51.7 Å². The van der Waals surface area contributed by atoms with Crippen molar-refractivity contribution in [2.75, 3.05) is 0 Å². The van der Waals surface area contributed by atoms with E-state index in [0.29, 0.717) is 5.69 Å². The Morgan fingerprint density at radius 1 is 1.36 bits per heavy atom. The number of nitrogens with zero attached hydrogens (tertiary/aromatic N) is 6. The number of imide groups is 1. The molecule has 1 N–H and O–H groups in total. The van der Waals surface area contributed by atoms with Gasteiger partial charge in [-0.1, -0.05) is 23.2 Å². The summed E-state index contributed by atoms with van der Waals surface area (Å²) in [5.41, 5.74) is -0.444. The van der Waals surface area contributed by atoms with Crippen LogP contribution < -0.4 is 5.32 Å². The van der Waals surface area contributed by atoms with Crippen LogP contribution in [0.1, 0.15) is 38.9 Å². The van der Waals surface area contributed by atoms with Crippen LogP contribution >= 0.6 is 0 Å². The molecule has 2 aliphatic rings. The summed E-state index contributed by atoms with van der Waals surface area (Å²) in [6.07, 6.45) is 5.46. The second-order valence-corrected chi connectivity index (χ2v) is 7.06. The Bertz CT molecular complexity index is 821. The molecular formula is C15H19N7O3. The van der Waals surface area contributed by atoms with Gasteiger partial charge in [0.2, 0.25) is 0 Å². The standard InChI is InChI=1S/C15H19N7O3/c1-15(2)13(23)22(14(24)17-15)8-11-16-12(25-19-11)10-7-21(20-18-10)6-5-9-3-4-9/h7,9H,3-6,8H2,1-2H3,(H,17,24). The number of hydrogen-bond donors (Lipinski definition) is 1. The Kier molecular flexibility index (Phi) is 3.55. The van der Waals surface area contributed by atoms with Gasteiger partial charge >= 0.3 is 6.03 Å². The number of urea groups is 1. The molecule has 0 bridgehead atoms. The van der Waals surface area contributed by atoms with Gasteiger partial charge in [-0.15, -0.1) is 5.10 Å². The van der Waals surface area contributed by atoms with Gasteiger partial charge in [0.15, 0.2) is 11.5 Å². The summed E-state index contributed by atoms with van der Waals surface area (Å²) in [5, 5.41) is 14.5. The average Bonchev–Trinajstić information content (AvgIpc) is 3.01. The normalized spacial score (nSPS) is 19.5. The molecule has 10 nitrogen and oxygen atoms in total. The molecule has 0 radical (unpaired) electrons. The first kappa shape index (κ1) is 15.7. The van der Waals surface area contributed by atoms with E-state index in [9.17, 15) is 9.59 Å². The largest absolute Gasteiger partial charge is 0.332 e. The Morgan fingerprint density at radius 3 is 2.84 bits per heavy atom. The Morgan fingerprint density at radius 2 is 2.16 bits per heavy atom. The molecule has 10 heteroatoms. The van der Waals surface area contributed by atoms with E-state index in [0.717, 1.165) is 23.8 Å². The molecule has 2 fully saturated rings. The fourth-order valence-corrected chi connectivity index (χ4v) is 2.75. The van der Waals surface area contributed by atoms with Gasteiger partial charge in [-0.2, -0.15) is 4.98 Å². The Balaban J connectivity index is 1.43. The smallest absolute Gasteiger partial charge is 0.325 e. The third-order valence-electron chi connectivity index (χ3n) is 4.43. The predicted octanol–water partition coefficient (Wildman–Crippen LogP) is 0.959. The van der Waals surface area contributed by atoms with Crippen molar-refractivity contribution in [3.8, 4) is 11.6 Å². The molecule has 1 saturated carbocycles. The van der Waals surface area contributed by atoms with Gasteiger partial charge in [-0.3, -0.25) is 14.4 Å². The van der Waals surface area contributed by atoms with Crippen molar-refractivity contribution in [2.24, 2.45) is 5.92 Å². The molecule has 3 heterocycles. The van der Waals surface area contributed by atoms with E-state index < -0.39 is 11.6 Å². The summed E-state index contributed by atoms with van der Waals surface area (Å²) in [5.74, 6) is 0.952. The molecule has 2 aromatic rings. The van der Waals surface area contributed by atoms with Crippen LogP contribution in [0.25, 0.3) is 11.6 Å². The second-order valence-electron chi connectivity index (χ2n) is 7.06. The van der Waals surface area contributed by atoms with E-state index in [1.807, 2.05) is 0 Å². The van der Waals surface area contributed by atoms with Gasteiger partial charge in [0, 0.05) is 6.54 Å². The minimum atomic E-state index is -0.923. The van der Waals surface area contributed by atoms with Crippen molar-refractivity contribution >= 4 is 11.9 Å². The number of nitrogens with one attached hydrogen (secondary N) is 1. The van der Waals surface area contributed by atoms with Gasteiger partial charge in [0.05, 0.1) is 12.7 Å². The monoisotopic (exact) mass is 345 g/mol. The minimum Gasteiger partial charge on any atom is -0.332 e. The number of amides is 3. The van der Waals surface area contributed by atoms with E-state index in [1.54, 1.807) is 24.7 Å².